The van der Waals surface area contributed by atoms with Crippen molar-refractivity contribution in [3.8, 4) is 5.75 Å². The molecule has 7 nitrogen and oxygen atoms in total. The first kappa shape index (κ1) is 20.8. The number of amides is 2. The number of nitrogens with zero attached hydrogens (tertiary/aromatic N) is 4. The van der Waals surface area contributed by atoms with Gasteiger partial charge in [0.1, 0.15) is 5.75 Å². The Hall–Kier alpha value is -3.06. The highest BCUT2D eigenvalue weighted by Gasteiger charge is 2.52. The van der Waals surface area contributed by atoms with Gasteiger partial charge < -0.3 is 19.5 Å². The first-order valence-electron chi connectivity index (χ1n) is 11.3. The molecule has 0 radical (unpaired) electrons. The van der Waals surface area contributed by atoms with Crippen LogP contribution in [0, 0.1) is 0 Å². The molecule has 3 aromatic rings. The van der Waals surface area contributed by atoms with E-state index in [0.29, 0.717) is 5.95 Å². The molecule has 7 heteroatoms. The number of anilines is 1. The third kappa shape index (κ3) is 3.06. The molecule has 0 saturated carbocycles. The van der Waals surface area contributed by atoms with Gasteiger partial charge in [0.05, 0.1) is 17.1 Å². The number of phenolic OH excluding ortho intramolecular Hbond substituents is 1. The molecule has 2 amide bonds. The molecular formula is C25H31N5O2. The number of aryl methyl sites for hydroxylation is 1. The third-order valence-electron chi connectivity index (χ3n) is 7.63. The molecule has 1 saturated heterocycles. The number of hydrogen-bond donors (Lipinski definition) is 2. The molecule has 1 aromatic heterocycles. The lowest BCUT2D eigenvalue weighted by molar-refractivity contribution is 0.0213. The zero-order chi connectivity index (χ0) is 22.6. The fourth-order valence-corrected chi connectivity index (χ4v) is 5.94. The van der Waals surface area contributed by atoms with Crippen molar-refractivity contribution in [3.05, 3.63) is 53.6 Å². The van der Waals surface area contributed by atoms with E-state index >= 15 is 0 Å². The summed E-state index contributed by atoms with van der Waals surface area (Å²) in [5.74, 6) is 0.855. The fourth-order valence-electron chi connectivity index (χ4n) is 5.94. The summed E-state index contributed by atoms with van der Waals surface area (Å²) in [4.78, 5) is 22.4. The van der Waals surface area contributed by atoms with Gasteiger partial charge in [0.2, 0.25) is 5.95 Å². The number of aromatic nitrogens is 2. The second kappa shape index (κ2) is 7.52. The fraction of sp³-hybridized carbons (Fsp3) is 0.440. The zero-order valence-electron chi connectivity index (χ0n) is 19.2. The molecule has 2 aromatic carbocycles. The SMILES string of the molecule is CCn1c(NC(=O)N(C)C2C3Cc4ccc(O)cc4C2(C)CCN3C)nc2ccccc21. The van der Waals surface area contributed by atoms with Crippen LogP contribution in [0.3, 0.4) is 0 Å². The predicted molar refractivity (Wildman–Crippen MR) is 126 cm³/mol. The Morgan fingerprint density at radius 3 is 2.88 bits per heavy atom. The van der Waals surface area contributed by atoms with Crippen molar-refractivity contribution in [2.45, 2.75) is 50.7 Å². The Morgan fingerprint density at radius 1 is 1.31 bits per heavy atom. The van der Waals surface area contributed by atoms with Gasteiger partial charge >= 0.3 is 6.03 Å². The normalized spacial score (nSPS) is 24.9. The Labute approximate surface area is 188 Å². The molecule has 1 aliphatic carbocycles. The van der Waals surface area contributed by atoms with Gasteiger partial charge in [0.25, 0.3) is 0 Å². The first-order chi connectivity index (χ1) is 15.3. The topological polar surface area (TPSA) is 73.6 Å². The van der Waals surface area contributed by atoms with Gasteiger partial charge in [0, 0.05) is 25.0 Å². The number of likely N-dealkylation sites (N-methyl/N-ethyl adjacent to an activating group) is 2. The minimum Gasteiger partial charge on any atom is -0.508 e. The van der Waals surface area contributed by atoms with Crippen molar-refractivity contribution in [1.82, 2.24) is 19.4 Å². The number of aromatic hydroxyl groups is 1. The Balaban J connectivity index is 1.49. The number of hydrogen-bond acceptors (Lipinski definition) is 4. The Kier molecular flexibility index (Phi) is 4.89. The van der Waals surface area contributed by atoms with Gasteiger partial charge in [-0.25, -0.2) is 9.78 Å². The maximum Gasteiger partial charge on any atom is 0.324 e. The second-order valence-corrected chi connectivity index (χ2v) is 9.42. The summed E-state index contributed by atoms with van der Waals surface area (Å²) in [5, 5.41) is 13.3. The van der Waals surface area contributed by atoms with E-state index in [1.165, 1.54) is 5.56 Å². The summed E-state index contributed by atoms with van der Waals surface area (Å²) in [6, 6.07) is 13.7. The van der Waals surface area contributed by atoms with Crippen LogP contribution in [0.15, 0.2) is 42.5 Å². The number of nitrogens with one attached hydrogen (secondary N) is 1. The lowest BCUT2D eigenvalue weighted by atomic mass is 9.61. The maximum atomic E-state index is 13.5. The number of fused-ring (bicyclic) bond motifs is 5. The van der Waals surface area contributed by atoms with Gasteiger partial charge in [-0.3, -0.25) is 5.32 Å². The number of benzene rings is 2. The highest BCUT2D eigenvalue weighted by atomic mass is 16.3. The number of imidazole rings is 1. The van der Waals surface area contributed by atoms with E-state index in [9.17, 15) is 9.90 Å². The molecule has 2 N–H and O–H groups in total. The molecule has 32 heavy (non-hydrogen) atoms. The van der Waals surface area contributed by atoms with Gasteiger partial charge in [-0.15, -0.1) is 0 Å². The van der Waals surface area contributed by atoms with Crippen LogP contribution in [0.4, 0.5) is 10.7 Å². The monoisotopic (exact) mass is 433 g/mol. The number of likely N-dealkylation sites (tertiary alicyclic amines) is 1. The third-order valence-corrected chi connectivity index (χ3v) is 7.63. The number of para-hydroxylation sites is 2. The molecular weight excluding hydrogens is 402 g/mol. The van der Waals surface area contributed by atoms with Gasteiger partial charge in [-0.1, -0.05) is 25.1 Å². The van der Waals surface area contributed by atoms with E-state index in [-0.39, 0.29) is 29.3 Å². The maximum absolute atomic E-state index is 13.5. The van der Waals surface area contributed by atoms with Crippen LogP contribution < -0.4 is 5.32 Å². The van der Waals surface area contributed by atoms with E-state index in [1.54, 1.807) is 6.07 Å². The number of phenols is 1. The van der Waals surface area contributed by atoms with Crippen molar-refractivity contribution >= 4 is 23.0 Å². The Morgan fingerprint density at radius 2 is 2.09 bits per heavy atom. The molecule has 5 rings (SSSR count). The molecule has 3 unspecified atom stereocenters. The number of rotatable bonds is 3. The summed E-state index contributed by atoms with van der Waals surface area (Å²) < 4.78 is 2.03. The summed E-state index contributed by atoms with van der Waals surface area (Å²) in [6.45, 7) is 5.98. The van der Waals surface area contributed by atoms with Gasteiger partial charge in [0.15, 0.2) is 0 Å². The molecule has 2 aliphatic rings. The number of urea groups is 1. The summed E-state index contributed by atoms with van der Waals surface area (Å²) in [5.41, 5.74) is 4.07. The quantitative estimate of drug-likeness (QED) is 0.659. The first-order valence-corrected chi connectivity index (χ1v) is 11.3. The van der Waals surface area contributed by atoms with Gasteiger partial charge in [-0.2, -0.15) is 0 Å². The van der Waals surface area contributed by atoms with Crippen LogP contribution in [0.25, 0.3) is 11.0 Å². The van der Waals surface area contributed by atoms with Crippen molar-refractivity contribution < 1.29 is 9.90 Å². The second-order valence-electron chi connectivity index (χ2n) is 9.42. The number of piperidine rings is 1. The van der Waals surface area contributed by atoms with E-state index in [1.807, 2.05) is 52.9 Å². The summed E-state index contributed by atoms with van der Waals surface area (Å²) >= 11 is 0. The molecule has 2 bridgehead atoms. The van der Waals surface area contributed by atoms with Crippen LogP contribution in [-0.4, -0.2) is 63.2 Å². The summed E-state index contributed by atoms with van der Waals surface area (Å²) in [7, 11) is 4.03. The van der Waals surface area contributed by atoms with Gasteiger partial charge in [-0.05, 0) is 68.8 Å². The molecule has 1 aliphatic heterocycles. The smallest absolute Gasteiger partial charge is 0.324 e. The molecule has 3 atom stereocenters. The van der Waals surface area contributed by atoms with Crippen LogP contribution >= 0.6 is 0 Å². The number of carbonyl (C=O) groups is 1. The lowest BCUT2D eigenvalue weighted by Crippen LogP contribution is -2.67. The van der Waals surface area contributed by atoms with Crippen LogP contribution in [0.1, 0.15) is 31.4 Å². The molecule has 2 heterocycles. The minimum absolute atomic E-state index is 0.0185. The number of carbonyl (C=O) groups excluding carboxylic acids is 1. The highest BCUT2D eigenvalue weighted by Crippen LogP contribution is 2.47. The highest BCUT2D eigenvalue weighted by molar-refractivity contribution is 5.90. The van der Waals surface area contributed by atoms with Crippen molar-refractivity contribution in [2.75, 3.05) is 26.0 Å². The lowest BCUT2D eigenvalue weighted by Gasteiger charge is -2.57. The predicted octanol–water partition coefficient (Wildman–Crippen LogP) is 3.81. The minimum atomic E-state index is -0.236. The standard InChI is InChI=1S/C25H31N5O2/c1-5-30-20-9-7-6-8-19(20)26-23(30)27-24(32)29(4)22-21-14-16-10-11-17(31)15-18(16)25(22,2)12-13-28(21)3/h6-11,15,21-22,31H,5,12-14H2,1-4H3,(H,26,27,32). The average molecular weight is 434 g/mol. The van der Waals surface area contributed by atoms with E-state index in [0.717, 1.165) is 42.5 Å². The van der Waals surface area contributed by atoms with Crippen LogP contribution in [-0.2, 0) is 18.4 Å². The molecule has 0 spiro atoms. The van der Waals surface area contributed by atoms with E-state index < -0.39 is 0 Å². The molecule has 168 valence electrons. The summed E-state index contributed by atoms with van der Waals surface area (Å²) in [6.07, 6.45) is 1.78. The van der Waals surface area contributed by atoms with E-state index in [4.69, 9.17) is 0 Å². The van der Waals surface area contributed by atoms with Crippen molar-refractivity contribution in [3.63, 3.8) is 0 Å². The van der Waals surface area contributed by atoms with E-state index in [2.05, 4.69) is 36.1 Å². The van der Waals surface area contributed by atoms with Crippen molar-refractivity contribution in [1.29, 1.82) is 0 Å². The molecule has 1 fully saturated rings. The zero-order valence-corrected chi connectivity index (χ0v) is 19.2. The van der Waals surface area contributed by atoms with Crippen LogP contribution in [0.2, 0.25) is 0 Å². The largest absolute Gasteiger partial charge is 0.508 e. The Bertz CT molecular complexity index is 1190. The average Bonchev–Trinajstić information content (AvgIpc) is 3.13. The van der Waals surface area contributed by atoms with Crippen LogP contribution in [0.5, 0.6) is 5.75 Å². The van der Waals surface area contributed by atoms with Crippen molar-refractivity contribution in [2.24, 2.45) is 0 Å².